The summed E-state index contributed by atoms with van der Waals surface area (Å²) in [6.45, 7) is 1.34. The quantitative estimate of drug-likeness (QED) is 0.428. The molecule has 1 aliphatic heterocycles. The fourth-order valence-corrected chi connectivity index (χ4v) is 4.95. The van der Waals surface area contributed by atoms with Crippen LogP contribution in [0.15, 0.2) is 42.7 Å². The summed E-state index contributed by atoms with van der Waals surface area (Å²) in [5.74, 6) is 0.0998. The lowest BCUT2D eigenvalue weighted by atomic mass is 10.0. The number of nitrogens with two attached hydrogens (primary N) is 1. The maximum absolute atomic E-state index is 14.3. The highest BCUT2D eigenvalue weighted by Crippen LogP contribution is 2.24. The van der Waals surface area contributed by atoms with E-state index in [0.717, 1.165) is 30.6 Å². The van der Waals surface area contributed by atoms with Crippen molar-refractivity contribution in [2.45, 2.75) is 50.6 Å². The summed E-state index contributed by atoms with van der Waals surface area (Å²) in [5, 5.41) is 6.76. The Kier molecular flexibility index (Phi) is 7.24. The molecular weight excluding hydrogens is 479 g/mol. The Morgan fingerprint density at radius 1 is 1.03 bits per heavy atom. The maximum atomic E-state index is 14.3. The predicted molar refractivity (Wildman–Crippen MR) is 137 cm³/mol. The second-order valence-corrected chi connectivity index (χ2v) is 10.5. The number of hydrogen-bond donors (Lipinski definition) is 3. The van der Waals surface area contributed by atoms with Crippen molar-refractivity contribution in [2.24, 2.45) is 5.73 Å². The number of aromatic nitrogens is 2. The van der Waals surface area contributed by atoms with Gasteiger partial charge in [0.25, 0.3) is 11.8 Å². The van der Waals surface area contributed by atoms with Crippen LogP contribution in [0.5, 0.6) is 0 Å². The van der Waals surface area contributed by atoms with Crippen LogP contribution >= 0.6 is 11.3 Å². The van der Waals surface area contributed by atoms with Gasteiger partial charge in [0.15, 0.2) is 5.13 Å². The summed E-state index contributed by atoms with van der Waals surface area (Å²) < 4.78 is 14.3. The fraction of sp³-hybridized carbons (Fsp3) is 0.385. The molecule has 0 spiro atoms. The lowest BCUT2D eigenvalue weighted by Crippen LogP contribution is -2.42. The number of aryl methyl sites for hydroxylation is 2. The molecule has 2 aromatic heterocycles. The van der Waals surface area contributed by atoms with E-state index >= 15 is 0 Å². The number of pyridine rings is 1. The van der Waals surface area contributed by atoms with E-state index in [1.807, 2.05) is 4.90 Å². The fourth-order valence-electron chi connectivity index (χ4n) is 4.13. The van der Waals surface area contributed by atoms with Crippen LogP contribution in [0.1, 0.15) is 56.8 Å². The van der Waals surface area contributed by atoms with Gasteiger partial charge in [0.05, 0.1) is 5.56 Å². The third kappa shape index (κ3) is 6.06. The minimum atomic E-state index is -0.313. The van der Waals surface area contributed by atoms with Crippen molar-refractivity contribution in [1.82, 2.24) is 20.2 Å². The van der Waals surface area contributed by atoms with E-state index in [9.17, 15) is 14.0 Å². The van der Waals surface area contributed by atoms with Gasteiger partial charge in [0.2, 0.25) is 0 Å². The molecule has 2 aliphatic rings. The topological polar surface area (TPSA) is 113 Å². The summed E-state index contributed by atoms with van der Waals surface area (Å²) in [5.41, 5.74) is 7.47. The van der Waals surface area contributed by atoms with Crippen LogP contribution in [0.25, 0.3) is 0 Å². The summed E-state index contributed by atoms with van der Waals surface area (Å²) in [4.78, 5) is 36.5. The average Bonchev–Trinajstić information content (AvgIpc) is 3.59. The minimum Gasteiger partial charge on any atom is -0.349 e. The van der Waals surface area contributed by atoms with Crippen LogP contribution in [0.4, 0.5) is 15.3 Å². The zero-order valence-electron chi connectivity index (χ0n) is 19.9. The molecule has 4 N–H and O–H groups in total. The number of benzene rings is 1. The molecule has 1 saturated heterocycles. The summed E-state index contributed by atoms with van der Waals surface area (Å²) in [6.07, 6.45) is 8.05. The second-order valence-electron chi connectivity index (χ2n) is 9.37. The number of amides is 2. The molecule has 1 aromatic carbocycles. The van der Waals surface area contributed by atoms with Crippen molar-refractivity contribution in [1.29, 1.82) is 0 Å². The van der Waals surface area contributed by atoms with E-state index in [0.29, 0.717) is 53.6 Å². The number of piperidine rings is 1. The predicted octanol–water partition coefficient (Wildman–Crippen LogP) is 3.66. The molecule has 36 heavy (non-hydrogen) atoms. The van der Waals surface area contributed by atoms with Crippen molar-refractivity contribution in [3.05, 3.63) is 70.1 Å². The summed E-state index contributed by atoms with van der Waals surface area (Å²) in [7, 11) is 0. The van der Waals surface area contributed by atoms with Crippen LogP contribution < -0.4 is 16.4 Å². The number of hydrogen-bond acceptors (Lipinski definition) is 7. The van der Waals surface area contributed by atoms with Crippen LogP contribution in [0.2, 0.25) is 0 Å². The van der Waals surface area contributed by atoms with Crippen LogP contribution in [0, 0.1) is 5.82 Å². The molecule has 1 saturated carbocycles. The molecule has 5 rings (SSSR count). The monoisotopic (exact) mass is 508 g/mol. The van der Waals surface area contributed by atoms with Gasteiger partial charge in [0, 0.05) is 48.0 Å². The number of likely N-dealkylation sites (tertiary alicyclic amines) is 1. The van der Waals surface area contributed by atoms with Crippen molar-refractivity contribution < 1.29 is 14.0 Å². The van der Waals surface area contributed by atoms with E-state index in [2.05, 4.69) is 20.6 Å². The van der Waals surface area contributed by atoms with Gasteiger partial charge in [-0.3, -0.25) is 9.59 Å². The van der Waals surface area contributed by atoms with Gasteiger partial charge in [-0.25, -0.2) is 14.4 Å². The number of nitrogens with one attached hydrogen (secondary N) is 2. The minimum absolute atomic E-state index is 0.0289. The summed E-state index contributed by atoms with van der Waals surface area (Å²) in [6, 6.07) is 8.47. The molecule has 188 valence electrons. The van der Waals surface area contributed by atoms with Gasteiger partial charge in [-0.05, 0) is 74.4 Å². The smallest absolute Gasteiger partial charge is 0.255 e. The molecule has 10 heteroatoms. The van der Waals surface area contributed by atoms with Gasteiger partial charge < -0.3 is 21.3 Å². The first-order chi connectivity index (χ1) is 17.4. The average molecular weight is 509 g/mol. The first-order valence-corrected chi connectivity index (χ1v) is 13.1. The number of halogens is 1. The zero-order chi connectivity index (χ0) is 25.1. The third-order valence-corrected chi connectivity index (χ3v) is 7.46. The van der Waals surface area contributed by atoms with E-state index in [-0.39, 0.29) is 29.7 Å². The highest BCUT2D eigenvalue weighted by Gasteiger charge is 2.24. The number of anilines is 2. The van der Waals surface area contributed by atoms with E-state index in [4.69, 9.17) is 5.73 Å². The van der Waals surface area contributed by atoms with Crippen molar-refractivity contribution in [2.75, 3.05) is 18.4 Å². The molecule has 0 unspecified atom stereocenters. The molecule has 0 radical (unpaired) electrons. The van der Waals surface area contributed by atoms with Gasteiger partial charge in [-0.1, -0.05) is 0 Å². The molecule has 3 heterocycles. The largest absolute Gasteiger partial charge is 0.349 e. The number of nitrogens with zero attached hydrogens (tertiary/aromatic N) is 3. The molecule has 8 nitrogen and oxygen atoms in total. The van der Waals surface area contributed by atoms with Gasteiger partial charge >= 0.3 is 0 Å². The Balaban J connectivity index is 1.15. The van der Waals surface area contributed by atoms with Gasteiger partial charge in [-0.15, -0.1) is 11.3 Å². The molecule has 3 aromatic rings. The normalized spacial score (nSPS) is 16.1. The van der Waals surface area contributed by atoms with Gasteiger partial charge in [-0.2, -0.15) is 0 Å². The molecule has 2 amide bonds. The number of carbonyl (C=O) groups excluding carboxylic acids is 2. The molecule has 0 atom stereocenters. The Morgan fingerprint density at radius 3 is 2.53 bits per heavy atom. The zero-order valence-corrected chi connectivity index (χ0v) is 20.7. The highest BCUT2D eigenvalue weighted by molar-refractivity contribution is 7.15. The standard InChI is InChI=1S/C26H29FN6O2S/c27-22-7-2-17(24(34)31-20-4-5-20)13-16(22)1-6-21-15-30-26(36-21)32-23-8-3-18(14-29-23)25(35)33-11-9-19(28)10-12-33/h2-3,7-8,13-15,19-20H,1,4-6,9-12,28H2,(H,31,34)(H,29,30,32). The maximum Gasteiger partial charge on any atom is 0.255 e. The lowest BCUT2D eigenvalue weighted by molar-refractivity contribution is 0.0714. The third-order valence-electron chi connectivity index (χ3n) is 6.49. The van der Waals surface area contributed by atoms with Crippen LogP contribution in [-0.4, -0.2) is 51.9 Å². The van der Waals surface area contributed by atoms with Crippen LogP contribution in [0.3, 0.4) is 0 Å². The number of rotatable bonds is 8. The number of carbonyl (C=O) groups is 2. The van der Waals surface area contributed by atoms with Crippen LogP contribution in [-0.2, 0) is 12.8 Å². The Labute approximate surface area is 213 Å². The lowest BCUT2D eigenvalue weighted by Gasteiger charge is -2.30. The van der Waals surface area contributed by atoms with Gasteiger partial charge in [0.1, 0.15) is 11.6 Å². The summed E-state index contributed by atoms with van der Waals surface area (Å²) >= 11 is 1.46. The number of thiazole rings is 1. The van der Waals surface area contributed by atoms with Crippen molar-refractivity contribution in [3.63, 3.8) is 0 Å². The Hall–Kier alpha value is -3.37. The molecular formula is C26H29FN6O2S. The Bertz CT molecular complexity index is 1240. The molecule has 2 fully saturated rings. The highest BCUT2D eigenvalue weighted by atomic mass is 32.1. The second kappa shape index (κ2) is 10.7. The van der Waals surface area contributed by atoms with E-state index < -0.39 is 0 Å². The van der Waals surface area contributed by atoms with E-state index in [1.54, 1.807) is 30.6 Å². The first-order valence-electron chi connectivity index (χ1n) is 12.3. The van der Waals surface area contributed by atoms with Crippen molar-refractivity contribution in [3.8, 4) is 0 Å². The van der Waals surface area contributed by atoms with E-state index in [1.165, 1.54) is 23.5 Å². The Morgan fingerprint density at radius 2 is 1.81 bits per heavy atom. The molecule has 0 bridgehead atoms. The first kappa shape index (κ1) is 24.3. The SMILES string of the molecule is NC1CCN(C(=O)c2ccc(Nc3ncc(CCc4cc(C(=O)NC5CC5)ccc4F)s3)nc2)CC1. The molecule has 1 aliphatic carbocycles. The van der Waals surface area contributed by atoms with Crippen molar-refractivity contribution >= 4 is 34.1 Å².